The highest BCUT2D eigenvalue weighted by Crippen LogP contribution is 2.21. The summed E-state index contributed by atoms with van der Waals surface area (Å²) in [6.07, 6.45) is 4.29. The van der Waals surface area contributed by atoms with Crippen LogP contribution in [-0.4, -0.2) is 37.6 Å². The van der Waals surface area contributed by atoms with E-state index in [1.807, 2.05) is 0 Å². The van der Waals surface area contributed by atoms with E-state index in [4.69, 9.17) is 0 Å². The van der Waals surface area contributed by atoms with Crippen molar-refractivity contribution < 1.29 is 0 Å². The number of nitrogens with one attached hydrogen (secondary N) is 1. The molecule has 0 aromatic carbocycles. The Morgan fingerprint density at radius 2 is 2.18 bits per heavy atom. The van der Waals surface area contributed by atoms with Gasteiger partial charge in [0.25, 0.3) is 0 Å². The highest BCUT2D eigenvalue weighted by molar-refractivity contribution is 4.83. The molecule has 0 aliphatic carbocycles. The zero-order valence-electron chi connectivity index (χ0n) is 7.34. The molecule has 0 unspecified atom stereocenters. The van der Waals surface area contributed by atoms with Gasteiger partial charge in [0.05, 0.1) is 0 Å². The van der Waals surface area contributed by atoms with Gasteiger partial charge in [-0.15, -0.1) is 0 Å². The molecular weight excluding hydrogens is 136 g/mol. The van der Waals surface area contributed by atoms with Crippen molar-refractivity contribution in [3.05, 3.63) is 0 Å². The molecule has 0 aromatic rings. The van der Waals surface area contributed by atoms with E-state index in [0.29, 0.717) is 0 Å². The number of fused-ring (bicyclic) bond motifs is 3. The average Bonchev–Trinajstić information content (AvgIpc) is 2.16. The van der Waals surface area contributed by atoms with Gasteiger partial charge in [0, 0.05) is 19.1 Å². The minimum absolute atomic E-state index is 0.822. The first-order chi connectivity index (χ1) is 5.36. The van der Waals surface area contributed by atoms with Gasteiger partial charge in [-0.1, -0.05) is 6.42 Å². The SMILES string of the molecule is CN1C[C@H]2CCC[C@H]1CNC2. The van der Waals surface area contributed by atoms with Gasteiger partial charge < -0.3 is 10.2 Å². The van der Waals surface area contributed by atoms with Crippen LogP contribution in [0.15, 0.2) is 0 Å². The fourth-order valence-corrected chi connectivity index (χ4v) is 2.39. The summed E-state index contributed by atoms with van der Waals surface area (Å²) < 4.78 is 0. The molecule has 2 heteroatoms. The van der Waals surface area contributed by atoms with Crippen LogP contribution in [0.4, 0.5) is 0 Å². The molecule has 2 fully saturated rings. The third-order valence-electron chi connectivity index (χ3n) is 3.13. The maximum Gasteiger partial charge on any atom is 0.0217 e. The van der Waals surface area contributed by atoms with Crippen molar-refractivity contribution in [2.75, 3.05) is 26.7 Å². The van der Waals surface area contributed by atoms with Gasteiger partial charge in [0.1, 0.15) is 0 Å². The predicted molar refractivity (Wildman–Crippen MR) is 46.6 cm³/mol. The molecule has 0 radical (unpaired) electrons. The lowest BCUT2D eigenvalue weighted by Gasteiger charge is -2.23. The average molecular weight is 154 g/mol. The van der Waals surface area contributed by atoms with E-state index in [1.165, 1.54) is 38.9 Å². The highest BCUT2D eigenvalue weighted by Gasteiger charge is 2.25. The van der Waals surface area contributed by atoms with Gasteiger partial charge in [0.15, 0.2) is 0 Å². The molecule has 2 atom stereocenters. The molecule has 0 aromatic heterocycles. The van der Waals surface area contributed by atoms with Gasteiger partial charge in [-0.25, -0.2) is 0 Å². The number of likely N-dealkylation sites (N-methyl/N-ethyl adjacent to an activating group) is 1. The summed E-state index contributed by atoms with van der Waals surface area (Å²) in [6, 6.07) is 0.822. The summed E-state index contributed by atoms with van der Waals surface area (Å²) in [4.78, 5) is 2.54. The molecule has 2 saturated heterocycles. The summed E-state index contributed by atoms with van der Waals surface area (Å²) in [6.45, 7) is 3.78. The minimum Gasteiger partial charge on any atom is -0.315 e. The second kappa shape index (κ2) is 3.11. The van der Waals surface area contributed by atoms with Crippen LogP contribution in [0.5, 0.6) is 0 Å². The maximum absolute atomic E-state index is 3.54. The van der Waals surface area contributed by atoms with Crippen LogP contribution in [0.25, 0.3) is 0 Å². The van der Waals surface area contributed by atoms with Crippen LogP contribution in [0.1, 0.15) is 19.3 Å². The molecule has 2 aliphatic heterocycles. The summed E-state index contributed by atoms with van der Waals surface area (Å²) in [5.74, 6) is 0.924. The minimum atomic E-state index is 0.822. The first-order valence-corrected chi connectivity index (χ1v) is 4.77. The fraction of sp³-hybridized carbons (Fsp3) is 1.00. The Labute approximate surface area is 69.0 Å². The van der Waals surface area contributed by atoms with Crippen LogP contribution < -0.4 is 5.32 Å². The Bertz CT molecular complexity index is 126. The Morgan fingerprint density at radius 3 is 3.09 bits per heavy atom. The lowest BCUT2D eigenvalue weighted by molar-refractivity contribution is 0.247. The lowest BCUT2D eigenvalue weighted by atomic mass is 10.0. The number of hydrogen-bond donors (Lipinski definition) is 1. The van der Waals surface area contributed by atoms with E-state index < -0.39 is 0 Å². The normalized spacial score (nSPS) is 40.1. The summed E-state index contributed by atoms with van der Waals surface area (Å²) in [7, 11) is 2.27. The van der Waals surface area contributed by atoms with E-state index in [9.17, 15) is 0 Å². The smallest absolute Gasteiger partial charge is 0.0217 e. The van der Waals surface area contributed by atoms with Gasteiger partial charge >= 0.3 is 0 Å². The number of nitrogens with zero attached hydrogens (tertiary/aromatic N) is 1. The van der Waals surface area contributed by atoms with E-state index in [0.717, 1.165) is 12.0 Å². The van der Waals surface area contributed by atoms with Crippen LogP contribution >= 0.6 is 0 Å². The van der Waals surface area contributed by atoms with Gasteiger partial charge in [0.2, 0.25) is 0 Å². The summed E-state index contributed by atoms with van der Waals surface area (Å²) in [5, 5.41) is 3.54. The molecule has 2 nitrogen and oxygen atoms in total. The fourth-order valence-electron chi connectivity index (χ4n) is 2.39. The van der Waals surface area contributed by atoms with E-state index in [1.54, 1.807) is 0 Å². The van der Waals surface area contributed by atoms with E-state index in [2.05, 4.69) is 17.3 Å². The first kappa shape index (κ1) is 7.56. The third-order valence-corrected chi connectivity index (χ3v) is 3.13. The highest BCUT2D eigenvalue weighted by atomic mass is 15.2. The molecule has 2 aliphatic rings. The zero-order valence-corrected chi connectivity index (χ0v) is 7.34. The van der Waals surface area contributed by atoms with E-state index >= 15 is 0 Å². The number of rotatable bonds is 0. The van der Waals surface area contributed by atoms with E-state index in [-0.39, 0.29) is 0 Å². The van der Waals surface area contributed by atoms with Gasteiger partial charge in [-0.3, -0.25) is 0 Å². The van der Waals surface area contributed by atoms with Crippen molar-refractivity contribution in [2.24, 2.45) is 5.92 Å². The molecule has 1 N–H and O–H groups in total. The molecular formula is C9H18N2. The molecule has 0 amide bonds. The maximum atomic E-state index is 3.54. The monoisotopic (exact) mass is 154 g/mol. The second-order valence-corrected chi connectivity index (χ2v) is 4.05. The molecule has 11 heavy (non-hydrogen) atoms. The van der Waals surface area contributed by atoms with Crippen molar-refractivity contribution in [3.8, 4) is 0 Å². The summed E-state index contributed by atoms with van der Waals surface area (Å²) in [5.41, 5.74) is 0. The zero-order chi connectivity index (χ0) is 7.68. The van der Waals surface area contributed by atoms with Crippen molar-refractivity contribution in [3.63, 3.8) is 0 Å². The van der Waals surface area contributed by atoms with Crippen LogP contribution in [0, 0.1) is 5.92 Å². The van der Waals surface area contributed by atoms with Crippen LogP contribution in [-0.2, 0) is 0 Å². The third kappa shape index (κ3) is 1.57. The molecule has 0 saturated carbocycles. The van der Waals surface area contributed by atoms with Crippen molar-refractivity contribution in [1.29, 1.82) is 0 Å². The number of hydrogen-bond acceptors (Lipinski definition) is 2. The van der Waals surface area contributed by atoms with Crippen molar-refractivity contribution >= 4 is 0 Å². The first-order valence-electron chi connectivity index (χ1n) is 4.77. The standard InChI is InChI=1S/C9H18N2/c1-11-7-8-3-2-4-9(11)6-10-5-8/h8-10H,2-7H2,1H3/t8-,9-/m0/s1. The molecule has 64 valence electrons. The lowest BCUT2D eigenvalue weighted by Crippen LogP contribution is -2.36. The van der Waals surface area contributed by atoms with Crippen molar-refractivity contribution in [2.45, 2.75) is 25.3 Å². The quantitative estimate of drug-likeness (QED) is 0.552. The largest absolute Gasteiger partial charge is 0.315 e. The Morgan fingerprint density at radius 1 is 1.27 bits per heavy atom. The van der Waals surface area contributed by atoms with Crippen molar-refractivity contribution in [1.82, 2.24) is 10.2 Å². The van der Waals surface area contributed by atoms with Gasteiger partial charge in [-0.2, -0.15) is 0 Å². The molecule has 0 spiro atoms. The molecule has 2 rings (SSSR count). The molecule has 2 heterocycles. The topological polar surface area (TPSA) is 15.3 Å². The molecule has 2 bridgehead atoms. The van der Waals surface area contributed by atoms with Crippen LogP contribution in [0.3, 0.4) is 0 Å². The Balaban J connectivity index is 2.08. The Kier molecular flexibility index (Phi) is 2.14. The predicted octanol–water partition coefficient (Wildman–Crippen LogP) is 0.690. The Hall–Kier alpha value is -0.0800. The summed E-state index contributed by atoms with van der Waals surface area (Å²) >= 11 is 0. The van der Waals surface area contributed by atoms with Crippen LogP contribution in [0.2, 0.25) is 0 Å². The second-order valence-electron chi connectivity index (χ2n) is 4.05. The van der Waals surface area contributed by atoms with Gasteiger partial charge in [-0.05, 0) is 32.4 Å².